The maximum atomic E-state index is 12.4. The van der Waals surface area contributed by atoms with E-state index >= 15 is 0 Å². The standard InChI is InChI=1S/C21H22N2O3/c1-13(2)16-9-5-7-11-18(16)23-20(24)14(3)26-21(25)19-12-15-8-4-6-10-17(15)22-19/h4-14,22H,1-3H3,(H,23,24)/t14-/m1/s1. The van der Waals surface area contributed by atoms with E-state index in [1.807, 2.05) is 48.5 Å². The van der Waals surface area contributed by atoms with E-state index in [0.29, 0.717) is 5.69 Å². The number of aromatic amines is 1. The first-order valence-corrected chi connectivity index (χ1v) is 8.64. The first-order chi connectivity index (χ1) is 12.5. The van der Waals surface area contributed by atoms with Gasteiger partial charge < -0.3 is 15.0 Å². The van der Waals surface area contributed by atoms with Crippen molar-refractivity contribution in [3.8, 4) is 0 Å². The van der Waals surface area contributed by atoms with E-state index in [0.717, 1.165) is 22.2 Å². The summed E-state index contributed by atoms with van der Waals surface area (Å²) in [5, 5.41) is 3.77. The fourth-order valence-electron chi connectivity index (χ4n) is 2.81. The van der Waals surface area contributed by atoms with Crippen LogP contribution >= 0.6 is 0 Å². The summed E-state index contributed by atoms with van der Waals surface area (Å²) in [4.78, 5) is 27.8. The lowest BCUT2D eigenvalue weighted by atomic mass is 10.0. The predicted octanol–water partition coefficient (Wildman–Crippen LogP) is 4.48. The van der Waals surface area contributed by atoms with E-state index in [1.165, 1.54) is 0 Å². The van der Waals surface area contributed by atoms with Crippen LogP contribution in [0.3, 0.4) is 0 Å². The maximum absolute atomic E-state index is 12.4. The van der Waals surface area contributed by atoms with Crippen molar-refractivity contribution in [1.29, 1.82) is 0 Å². The van der Waals surface area contributed by atoms with Gasteiger partial charge in [0.15, 0.2) is 6.10 Å². The minimum absolute atomic E-state index is 0.274. The van der Waals surface area contributed by atoms with E-state index < -0.39 is 12.1 Å². The third-order valence-electron chi connectivity index (χ3n) is 4.24. The number of carbonyl (C=O) groups is 2. The number of amides is 1. The van der Waals surface area contributed by atoms with Crippen molar-refractivity contribution >= 4 is 28.5 Å². The molecular weight excluding hydrogens is 328 g/mol. The van der Waals surface area contributed by atoms with Gasteiger partial charge in [0.05, 0.1) is 0 Å². The lowest BCUT2D eigenvalue weighted by Gasteiger charge is -2.16. The number of hydrogen-bond acceptors (Lipinski definition) is 3. The van der Waals surface area contributed by atoms with Gasteiger partial charge in [0.2, 0.25) is 0 Å². The van der Waals surface area contributed by atoms with Gasteiger partial charge in [-0.3, -0.25) is 4.79 Å². The van der Waals surface area contributed by atoms with Gasteiger partial charge in [0, 0.05) is 16.6 Å². The Hall–Kier alpha value is -3.08. The molecule has 0 spiro atoms. The summed E-state index contributed by atoms with van der Waals surface area (Å²) in [6, 6.07) is 16.9. The zero-order chi connectivity index (χ0) is 18.7. The Balaban J connectivity index is 1.68. The smallest absolute Gasteiger partial charge is 0.355 e. The van der Waals surface area contributed by atoms with Crippen LogP contribution in [0.4, 0.5) is 5.69 Å². The fourth-order valence-corrected chi connectivity index (χ4v) is 2.81. The normalized spacial score (nSPS) is 12.2. The SMILES string of the molecule is CC(C)c1ccccc1NC(=O)[C@@H](C)OC(=O)c1cc2ccccc2[nH]1. The Morgan fingerprint density at radius 3 is 2.42 bits per heavy atom. The predicted molar refractivity (Wildman–Crippen MR) is 102 cm³/mol. The molecule has 0 fully saturated rings. The lowest BCUT2D eigenvalue weighted by molar-refractivity contribution is -0.123. The summed E-state index contributed by atoms with van der Waals surface area (Å²) in [5.41, 5.74) is 2.95. The molecule has 5 nitrogen and oxygen atoms in total. The van der Waals surface area contributed by atoms with Crippen LogP contribution in [-0.4, -0.2) is 23.0 Å². The summed E-state index contributed by atoms with van der Waals surface area (Å²) < 4.78 is 5.32. The summed E-state index contributed by atoms with van der Waals surface area (Å²) in [7, 11) is 0. The molecule has 1 aromatic heterocycles. The zero-order valence-corrected chi connectivity index (χ0v) is 15.1. The van der Waals surface area contributed by atoms with Crippen LogP contribution in [0, 0.1) is 0 Å². The number of fused-ring (bicyclic) bond motifs is 1. The summed E-state index contributed by atoms with van der Waals surface area (Å²) >= 11 is 0. The average molecular weight is 350 g/mol. The van der Waals surface area contributed by atoms with E-state index in [4.69, 9.17) is 4.74 Å². The number of nitrogens with one attached hydrogen (secondary N) is 2. The number of carbonyl (C=O) groups excluding carboxylic acids is 2. The van der Waals surface area contributed by atoms with E-state index in [-0.39, 0.29) is 11.8 Å². The van der Waals surface area contributed by atoms with Gasteiger partial charge in [-0.2, -0.15) is 0 Å². The first-order valence-electron chi connectivity index (χ1n) is 8.64. The molecular formula is C21H22N2O3. The highest BCUT2D eigenvalue weighted by atomic mass is 16.5. The Morgan fingerprint density at radius 1 is 1.00 bits per heavy atom. The lowest BCUT2D eigenvalue weighted by Crippen LogP contribution is -2.30. The molecule has 0 unspecified atom stereocenters. The first kappa shape index (κ1) is 17.7. The van der Waals surface area contributed by atoms with Crippen LogP contribution in [0.25, 0.3) is 10.9 Å². The van der Waals surface area contributed by atoms with E-state index in [2.05, 4.69) is 24.1 Å². The summed E-state index contributed by atoms with van der Waals surface area (Å²) in [6.07, 6.45) is -0.908. The van der Waals surface area contributed by atoms with Gasteiger partial charge in [0.25, 0.3) is 5.91 Å². The quantitative estimate of drug-likeness (QED) is 0.667. The molecule has 1 atom stereocenters. The van der Waals surface area contributed by atoms with Crippen molar-refractivity contribution < 1.29 is 14.3 Å². The van der Waals surface area contributed by atoms with Gasteiger partial charge in [-0.1, -0.05) is 50.2 Å². The Bertz CT molecular complexity index is 910. The second-order valence-electron chi connectivity index (χ2n) is 6.55. The minimum atomic E-state index is -0.908. The molecule has 1 amide bonds. The second-order valence-corrected chi connectivity index (χ2v) is 6.55. The third kappa shape index (κ3) is 3.77. The number of ether oxygens (including phenoxy) is 1. The monoisotopic (exact) mass is 350 g/mol. The van der Waals surface area contributed by atoms with Crippen LogP contribution < -0.4 is 5.32 Å². The Kier molecular flexibility index (Phi) is 5.07. The van der Waals surface area contributed by atoms with E-state index in [1.54, 1.807) is 13.0 Å². The molecule has 0 bridgehead atoms. The van der Waals surface area contributed by atoms with Crippen LogP contribution in [0.5, 0.6) is 0 Å². The van der Waals surface area contributed by atoms with Gasteiger partial charge in [-0.25, -0.2) is 4.79 Å². The van der Waals surface area contributed by atoms with Crippen LogP contribution in [-0.2, 0) is 9.53 Å². The molecule has 0 saturated carbocycles. The highest BCUT2D eigenvalue weighted by Gasteiger charge is 2.21. The molecule has 0 radical (unpaired) electrons. The maximum Gasteiger partial charge on any atom is 0.355 e. The number of anilines is 1. The zero-order valence-electron chi connectivity index (χ0n) is 15.1. The average Bonchev–Trinajstić information content (AvgIpc) is 3.06. The summed E-state index contributed by atoms with van der Waals surface area (Å²) in [6.45, 7) is 5.68. The molecule has 134 valence electrons. The van der Waals surface area contributed by atoms with Crippen molar-refractivity contribution in [2.75, 3.05) is 5.32 Å². The molecule has 2 N–H and O–H groups in total. The highest BCUT2D eigenvalue weighted by Crippen LogP contribution is 2.24. The molecule has 3 rings (SSSR count). The van der Waals surface area contributed by atoms with Crippen LogP contribution in [0.1, 0.15) is 42.7 Å². The molecule has 5 heteroatoms. The van der Waals surface area contributed by atoms with Crippen LogP contribution in [0.2, 0.25) is 0 Å². The highest BCUT2D eigenvalue weighted by molar-refractivity contribution is 5.99. The topological polar surface area (TPSA) is 71.2 Å². The third-order valence-corrected chi connectivity index (χ3v) is 4.24. The second kappa shape index (κ2) is 7.44. The molecule has 0 saturated heterocycles. The van der Waals surface area contributed by atoms with Gasteiger partial charge in [-0.05, 0) is 36.6 Å². The molecule has 2 aromatic carbocycles. The number of benzene rings is 2. The number of para-hydroxylation sites is 2. The van der Waals surface area contributed by atoms with Gasteiger partial charge in [0.1, 0.15) is 5.69 Å². The van der Waals surface area contributed by atoms with E-state index in [9.17, 15) is 9.59 Å². The van der Waals surface area contributed by atoms with Crippen molar-refractivity contribution in [2.24, 2.45) is 0 Å². The number of esters is 1. The molecule has 1 heterocycles. The molecule has 26 heavy (non-hydrogen) atoms. The number of rotatable bonds is 5. The number of hydrogen-bond donors (Lipinski definition) is 2. The van der Waals surface area contributed by atoms with Gasteiger partial charge >= 0.3 is 5.97 Å². The Morgan fingerprint density at radius 2 is 1.69 bits per heavy atom. The molecule has 0 aliphatic rings. The minimum Gasteiger partial charge on any atom is -0.448 e. The largest absolute Gasteiger partial charge is 0.448 e. The van der Waals surface area contributed by atoms with Crippen molar-refractivity contribution in [3.05, 3.63) is 65.9 Å². The molecule has 0 aliphatic heterocycles. The van der Waals surface area contributed by atoms with Crippen LogP contribution in [0.15, 0.2) is 54.6 Å². The number of aromatic nitrogens is 1. The van der Waals surface area contributed by atoms with Crippen molar-refractivity contribution in [2.45, 2.75) is 32.8 Å². The summed E-state index contributed by atoms with van der Waals surface area (Å²) in [5.74, 6) is -0.640. The number of H-pyrrole nitrogens is 1. The molecule has 3 aromatic rings. The molecule has 0 aliphatic carbocycles. The van der Waals surface area contributed by atoms with Crippen molar-refractivity contribution in [3.63, 3.8) is 0 Å². The fraction of sp³-hybridized carbons (Fsp3) is 0.238. The Labute approximate surface area is 152 Å². The van der Waals surface area contributed by atoms with Crippen molar-refractivity contribution in [1.82, 2.24) is 4.98 Å². The van der Waals surface area contributed by atoms with Gasteiger partial charge in [-0.15, -0.1) is 0 Å².